The average molecular weight is 318 g/mol. The van der Waals surface area contributed by atoms with Crippen LogP contribution >= 0.6 is 11.6 Å². The van der Waals surface area contributed by atoms with Crippen LogP contribution in [-0.2, 0) is 4.79 Å². The Kier molecular flexibility index (Phi) is 4.64. The van der Waals surface area contributed by atoms with Crippen molar-refractivity contribution in [2.24, 2.45) is 0 Å². The van der Waals surface area contributed by atoms with Gasteiger partial charge >= 0.3 is 6.18 Å². The first-order valence-corrected chi connectivity index (χ1v) is 6.35. The summed E-state index contributed by atoms with van der Waals surface area (Å²) in [4.78, 5) is 15.7. The summed E-state index contributed by atoms with van der Waals surface area (Å²) in [6, 6.07) is 6.58. The molecule has 21 heavy (non-hydrogen) atoms. The molecule has 0 unspecified atom stereocenters. The number of amides is 1. The lowest BCUT2D eigenvalue weighted by Gasteiger charge is -2.10. The number of nitrogens with one attached hydrogen (secondary N) is 2. The largest absolute Gasteiger partial charge is 0.401 e. The summed E-state index contributed by atoms with van der Waals surface area (Å²) in [5, 5.41) is 5.66. The molecule has 0 radical (unpaired) electrons. The first-order chi connectivity index (χ1) is 9.87. The first-order valence-electron chi connectivity index (χ1n) is 5.97. The van der Waals surface area contributed by atoms with E-state index in [-0.39, 0.29) is 0 Å². The van der Waals surface area contributed by atoms with E-state index >= 15 is 0 Å². The quantitative estimate of drug-likeness (QED) is 0.911. The Labute approximate surface area is 123 Å². The minimum absolute atomic E-state index is 0.397. The molecule has 0 aliphatic heterocycles. The van der Waals surface area contributed by atoms with E-state index < -0.39 is 25.2 Å². The highest BCUT2D eigenvalue weighted by atomic mass is 35.5. The Bertz CT molecular complexity index is 661. The second-order valence-corrected chi connectivity index (χ2v) is 4.67. The number of anilines is 1. The van der Waals surface area contributed by atoms with E-state index in [1.165, 1.54) is 6.20 Å². The van der Waals surface area contributed by atoms with Crippen LogP contribution < -0.4 is 10.6 Å². The Morgan fingerprint density at radius 1 is 1.29 bits per heavy atom. The van der Waals surface area contributed by atoms with Crippen molar-refractivity contribution in [1.82, 2.24) is 10.3 Å². The normalized spacial score (nSPS) is 11.6. The molecule has 2 rings (SSSR count). The second-order valence-electron chi connectivity index (χ2n) is 4.26. The van der Waals surface area contributed by atoms with Gasteiger partial charge in [-0.15, -0.1) is 0 Å². The third kappa shape index (κ3) is 4.30. The first kappa shape index (κ1) is 15.5. The zero-order valence-electron chi connectivity index (χ0n) is 10.7. The number of hydrogen-bond donors (Lipinski definition) is 2. The van der Waals surface area contributed by atoms with E-state index in [4.69, 9.17) is 11.6 Å². The molecule has 0 saturated heterocycles. The Morgan fingerprint density at radius 2 is 2.05 bits per heavy atom. The fraction of sp³-hybridized carbons (Fsp3) is 0.231. The highest BCUT2D eigenvalue weighted by molar-refractivity contribution is 6.35. The van der Waals surface area contributed by atoms with Crippen LogP contribution in [0, 0.1) is 0 Å². The molecule has 0 spiro atoms. The minimum Gasteiger partial charge on any atom is -0.323 e. The zero-order chi connectivity index (χ0) is 15.5. The summed E-state index contributed by atoms with van der Waals surface area (Å²) in [7, 11) is 0. The van der Waals surface area contributed by atoms with Gasteiger partial charge in [0.15, 0.2) is 0 Å². The second kappa shape index (κ2) is 6.28. The average Bonchev–Trinajstić information content (AvgIpc) is 2.41. The van der Waals surface area contributed by atoms with E-state index in [2.05, 4.69) is 10.3 Å². The van der Waals surface area contributed by atoms with E-state index in [0.717, 1.165) is 0 Å². The summed E-state index contributed by atoms with van der Waals surface area (Å²) < 4.78 is 35.9. The van der Waals surface area contributed by atoms with Crippen LogP contribution in [0.2, 0.25) is 5.02 Å². The fourth-order valence-corrected chi connectivity index (χ4v) is 1.97. The minimum atomic E-state index is -4.35. The number of rotatable bonds is 4. The van der Waals surface area contributed by atoms with Gasteiger partial charge in [-0.25, -0.2) is 0 Å². The van der Waals surface area contributed by atoms with Crippen LogP contribution in [0.5, 0.6) is 0 Å². The van der Waals surface area contributed by atoms with Gasteiger partial charge in [-0.05, 0) is 24.3 Å². The molecule has 0 fully saturated rings. The molecule has 0 atom stereocenters. The highest BCUT2D eigenvalue weighted by Gasteiger charge is 2.26. The molecular weight excluding hydrogens is 307 g/mol. The number of pyridine rings is 1. The summed E-state index contributed by atoms with van der Waals surface area (Å²) in [6.07, 6.45) is -2.81. The van der Waals surface area contributed by atoms with Crippen LogP contribution in [0.25, 0.3) is 10.9 Å². The van der Waals surface area contributed by atoms with Crippen LogP contribution in [0.3, 0.4) is 0 Å². The lowest BCUT2D eigenvalue weighted by Crippen LogP contribution is -2.35. The molecule has 0 bridgehead atoms. The molecular formula is C13H11ClF3N3O. The third-order valence-electron chi connectivity index (χ3n) is 2.60. The van der Waals surface area contributed by atoms with Crippen LogP contribution in [0.1, 0.15) is 0 Å². The van der Waals surface area contributed by atoms with Crippen molar-refractivity contribution in [2.45, 2.75) is 6.18 Å². The van der Waals surface area contributed by atoms with Crippen molar-refractivity contribution in [3.8, 4) is 0 Å². The van der Waals surface area contributed by atoms with Gasteiger partial charge in [-0.3, -0.25) is 9.78 Å². The number of alkyl halides is 3. The number of aromatic nitrogens is 1. The van der Waals surface area contributed by atoms with Gasteiger partial charge in [0.25, 0.3) is 0 Å². The molecule has 1 aromatic carbocycles. The van der Waals surface area contributed by atoms with E-state index in [0.29, 0.717) is 21.6 Å². The Hall–Kier alpha value is -1.86. The topological polar surface area (TPSA) is 54.0 Å². The van der Waals surface area contributed by atoms with E-state index in [1.54, 1.807) is 24.3 Å². The molecule has 4 nitrogen and oxygen atoms in total. The lowest BCUT2D eigenvalue weighted by molar-refractivity contribution is -0.126. The van der Waals surface area contributed by atoms with Gasteiger partial charge < -0.3 is 10.6 Å². The van der Waals surface area contributed by atoms with Gasteiger partial charge in [0, 0.05) is 11.6 Å². The Balaban J connectivity index is 2.06. The molecule has 112 valence electrons. The van der Waals surface area contributed by atoms with Crippen LogP contribution in [0.15, 0.2) is 30.5 Å². The number of fused-ring (bicyclic) bond motifs is 1. The molecule has 8 heteroatoms. The maximum absolute atomic E-state index is 12.0. The molecule has 1 heterocycles. The maximum atomic E-state index is 12.0. The third-order valence-corrected chi connectivity index (χ3v) is 2.93. The summed E-state index contributed by atoms with van der Waals surface area (Å²) in [5.41, 5.74) is 0.878. The number of halogens is 4. The zero-order valence-corrected chi connectivity index (χ0v) is 11.4. The van der Waals surface area contributed by atoms with Gasteiger partial charge in [0.1, 0.15) is 0 Å². The molecule has 1 aromatic heterocycles. The smallest absolute Gasteiger partial charge is 0.323 e. The summed E-state index contributed by atoms with van der Waals surface area (Å²) in [6.45, 7) is -1.67. The molecule has 2 aromatic rings. The molecule has 0 saturated carbocycles. The van der Waals surface area contributed by atoms with Crippen molar-refractivity contribution in [3.05, 3.63) is 35.5 Å². The number of benzene rings is 1. The number of carbonyl (C=O) groups is 1. The monoisotopic (exact) mass is 317 g/mol. The van der Waals surface area contributed by atoms with Crippen LogP contribution in [-0.4, -0.2) is 30.2 Å². The number of hydrogen-bond acceptors (Lipinski definition) is 3. The van der Waals surface area contributed by atoms with Gasteiger partial charge in [-0.2, -0.15) is 13.2 Å². The van der Waals surface area contributed by atoms with Gasteiger partial charge in [-0.1, -0.05) is 11.6 Å². The molecule has 1 amide bonds. The van der Waals surface area contributed by atoms with Crippen molar-refractivity contribution < 1.29 is 18.0 Å². The Morgan fingerprint density at radius 3 is 2.76 bits per heavy atom. The molecule has 2 N–H and O–H groups in total. The number of nitrogens with zero attached hydrogens (tertiary/aromatic N) is 1. The van der Waals surface area contributed by atoms with Crippen molar-refractivity contribution in [3.63, 3.8) is 0 Å². The predicted molar refractivity (Wildman–Crippen MR) is 74.3 cm³/mol. The van der Waals surface area contributed by atoms with Gasteiger partial charge in [0.05, 0.1) is 29.3 Å². The predicted octanol–water partition coefficient (Wildman–Crippen LogP) is 2.98. The standard InChI is InChI=1S/C13H11ClF3N3O/c14-9-3-4-10(12-8(9)2-1-5-19-12)20-11(21)6-18-7-13(15,16)17/h1-5,18H,6-7H2,(H,20,21). The molecule has 0 aliphatic rings. The van der Waals surface area contributed by atoms with Crippen molar-refractivity contribution in [2.75, 3.05) is 18.4 Å². The van der Waals surface area contributed by atoms with Crippen LogP contribution in [0.4, 0.5) is 18.9 Å². The number of carbonyl (C=O) groups excluding carboxylic acids is 1. The lowest BCUT2D eigenvalue weighted by atomic mass is 10.2. The van der Waals surface area contributed by atoms with E-state index in [9.17, 15) is 18.0 Å². The molecule has 0 aliphatic carbocycles. The van der Waals surface area contributed by atoms with Crippen molar-refractivity contribution >= 4 is 34.1 Å². The van der Waals surface area contributed by atoms with Crippen molar-refractivity contribution in [1.29, 1.82) is 0 Å². The summed E-state index contributed by atoms with van der Waals surface area (Å²) in [5.74, 6) is -0.589. The fourth-order valence-electron chi connectivity index (χ4n) is 1.75. The van der Waals surface area contributed by atoms with Gasteiger partial charge in [0.2, 0.25) is 5.91 Å². The van der Waals surface area contributed by atoms with E-state index in [1.807, 2.05) is 5.32 Å². The summed E-state index contributed by atoms with van der Waals surface area (Å²) >= 11 is 6.01. The SMILES string of the molecule is O=C(CNCC(F)(F)F)Nc1ccc(Cl)c2cccnc12. The maximum Gasteiger partial charge on any atom is 0.401 e. The highest BCUT2D eigenvalue weighted by Crippen LogP contribution is 2.27.